The summed E-state index contributed by atoms with van der Waals surface area (Å²) in [6, 6.07) is 10.5. The van der Waals surface area contributed by atoms with Gasteiger partial charge in [0.1, 0.15) is 5.84 Å². The third-order valence-corrected chi connectivity index (χ3v) is 4.61. The lowest BCUT2D eigenvalue weighted by Gasteiger charge is -2.36. The average molecular weight is 298 g/mol. The van der Waals surface area contributed by atoms with Crippen LogP contribution in [0.5, 0.6) is 0 Å². The van der Waals surface area contributed by atoms with Crippen molar-refractivity contribution in [1.29, 1.82) is 0 Å². The van der Waals surface area contributed by atoms with Crippen molar-refractivity contribution in [2.75, 3.05) is 13.1 Å². The molecule has 0 amide bonds. The highest BCUT2D eigenvalue weighted by atomic mass is 16.3. The third kappa shape index (κ3) is 3.25. The van der Waals surface area contributed by atoms with E-state index in [1.165, 1.54) is 29.8 Å². The molecule has 2 heterocycles. The van der Waals surface area contributed by atoms with Gasteiger partial charge in [-0.15, -0.1) is 0 Å². The van der Waals surface area contributed by atoms with E-state index in [9.17, 15) is 5.11 Å². The van der Waals surface area contributed by atoms with Gasteiger partial charge in [-0.1, -0.05) is 44.2 Å². The second-order valence-electron chi connectivity index (χ2n) is 6.75. The van der Waals surface area contributed by atoms with Crippen LogP contribution in [0.4, 0.5) is 0 Å². The van der Waals surface area contributed by atoms with Crippen LogP contribution in [-0.2, 0) is 6.42 Å². The lowest BCUT2D eigenvalue weighted by atomic mass is 9.93. The van der Waals surface area contributed by atoms with E-state index in [4.69, 9.17) is 4.99 Å². The number of aliphatic hydroxyl groups excluding tert-OH is 1. The zero-order valence-electron chi connectivity index (χ0n) is 13.6. The predicted molar refractivity (Wildman–Crippen MR) is 90.9 cm³/mol. The highest BCUT2D eigenvalue weighted by molar-refractivity contribution is 5.85. The van der Waals surface area contributed by atoms with Gasteiger partial charge in [0.25, 0.3) is 0 Å². The van der Waals surface area contributed by atoms with Crippen LogP contribution < -0.4 is 0 Å². The van der Waals surface area contributed by atoms with Gasteiger partial charge in [0.05, 0.1) is 11.8 Å². The molecule has 1 N–H and O–H groups in total. The van der Waals surface area contributed by atoms with Crippen LogP contribution in [0.2, 0.25) is 0 Å². The van der Waals surface area contributed by atoms with E-state index >= 15 is 0 Å². The number of aliphatic imine (C=N–C) groups is 1. The molecule has 3 rings (SSSR count). The zero-order valence-corrected chi connectivity index (χ0v) is 13.6. The maximum atomic E-state index is 10.6. The van der Waals surface area contributed by atoms with E-state index in [1.807, 2.05) is 6.07 Å². The molecule has 1 atom stereocenters. The van der Waals surface area contributed by atoms with Crippen molar-refractivity contribution in [2.24, 2.45) is 10.9 Å². The summed E-state index contributed by atoms with van der Waals surface area (Å²) in [6.07, 6.45) is 3.93. The fraction of sp³-hybridized carbons (Fsp3) is 0.526. The van der Waals surface area contributed by atoms with Crippen LogP contribution in [0.3, 0.4) is 0 Å². The van der Waals surface area contributed by atoms with E-state index in [1.54, 1.807) is 0 Å². The van der Waals surface area contributed by atoms with Gasteiger partial charge in [-0.3, -0.25) is 0 Å². The zero-order chi connectivity index (χ0) is 15.5. The molecular weight excluding hydrogens is 272 g/mol. The highest BCUT2D eigenvalue weighted by Crippen LogP contribution is 2.28. The fourth-order valence-electron chi connectivity index (χ4n) is 3.28. The van der Waals surface area contributed by atoms with Crippen LogP contribution in [0.1, 0.15) is 38.7 Å². The Morgan fingerprint density at radius 3 is 2.68 bits per heavy atom. The summed E-state index contributed by atoms with van der Waals surface area (Å²) in [5.41, 5.74) is 3.49. The quantitative estimate of drug-likeness (QED) is 0.925. The maximum absolute atomic E-state index is 10.6. The summed E-state index contributed by atoms with van der Waals surface area (Å²) in [5, 5.41) is 10.6. The Morgan fingerprint density at radius 2 is 1.95 bits per heavy atom. The minimum Gasteiger partial charge on any atom is -0.387 e. The number of fused-ring (bicyclic) bond motifs is 1. The minimum atomic E-state index is -0.463. The molecule has 1 aromatic rings. The summed E-state index contributed by atoms with van der Waals surface area (Å²) in [5.74, 6) is 1.37. The third-order valence-electron chi connectivity index (χ3n) is 4.61. The van der Waals surface area contributed by atoms with Gasteiger partial charge < -0.3 is 10.0 Å². The van der Waals surface area contributed by atoms with Gasteiger partial charge in [0.2, 0.25) is 0 Å². The van der Waals surface area contributed by atoms with Crippen molar-refractivity contribution < 1.29 is 5.11 Å². The molecule has 3 heteroatoms. The molecule has 118 valence electrons. The number of benzene rings is 1. The second-order valence-corrected chi connectivity index (χ2v) is 6.75. The number of rotatable bonds is 4. The molecule has 0 spiro atoms. The van der Waals surface area contributed by atoms with Gasteiger partial charge in [-0.25, -0.2) is 4.99 Å². The molecule has 0 aliphatic carbocycles. The second kappa shape index (κ2) is 6.66. The van der Waals surface area contributed by atoms with Crippen molar-refractivity contribution in [3.05, 3.63) is 47.2 Å². The summed E-state index contributed by atoms with van der Waals surface area (Å²) in [7, 11) is 0. The number of nitrogens with zero attached hydrogens (tertiary/aromatic N) is 2. The van der Waals surface area contributed by atoms with E-state index in [0.29, 0.717) is 0 Å². The van der Waals surface area contributed by atoms with Crippen molar-refractivity contribution in [3.8, 4) is 0 Å². The first kappa shape index (κ1) is 15.3. The van der Waals surface area contributed by atoms with Gasteiger partial charge in [0, 0.05) is 19.5 Å². The van der Waals surface area contributed by atoms with Gasteiger partial charge in [0.15, 0.2) is 0 Å². The van der Waals surface area contributed by atoms with Gasteiger partial charge in [-0.05, 0) is 36.3 Å². The molecule has 0 bridgehead atoms. The maximum Gasteiger partial charge on any atom is 0.105 e. The molecule has 22 heavy (non-hydrogen) atoms. The first-order valence-electron chi connectivity index (χ1n) is 8.41. The molecule has 3 nitrogen and oxygen atoms in total. The monoisotopic (exact) mass is 298 g/mol. The Morgan fingerprint density at radius 1 is 1.18 bits per heavy atom. The average Bonchev–Trinajstić information content (AvgIpc) is 2.54. The number of hydrogen-bond acceptors (Lipinski definition) is 3. The molecule has 1 aromatic carbocycles. The van der Waals surface area contributed by atoms with Crippen LogP contribution in [-0.4, -0.2) is 35.0 Å². The molecule has 0 radical (unpaired) electrons. The van der Waals surface area contributed by atoms with E-state index in [2.05, 4.69) is 43.0 Å². The largest absolute Gasteiger partial charge is 0.387 e. The molecule has 2 aliphatic heterocycles. The summed E-state index contributed by atoms with van der Waals surface area (Å²) in [4.78, 5) is 7.28. The number of aliphatic hydroxyl groups is 1. The number of amidine groups is 1. The van der Waals surface area contributed by atoms with Crippen LogP contribution >= 0.6 is 0 Å². The molecule has 1 unspecified atom stereocenters. The van der Waals surface area contributed by atoms with Gasteiger partial charge in [-0.2, -0.15) is 0 Å². The Bertz CT molecular complexity index is 574. The highest BCUT2D eigenvalue weighted by Gasteiger charge is 2.28. The number of hydrogen-bond donors (Lipinski definition) is 1. The first-order valence-corrected chi connectivity index (χ1v) is 8.41. The normalized spacial score (nSPS) is 20.0. The topological polar surface area (TPSA) is 35.8 Å². The van der Waals surface area contributed by atoms with Gasteiger partial charge >= 0.3 is 0 Å². The lowest BCUT2D eigenvalue weighted by molar-refractivity contribution is 0.155. The van der Waals surface area contributed by atoms with E-state index < -0.39 is 6.10 Å². The summed E-state index contributed by atoms with van der Waals surface area (Å²) in [6.45, 7) is 6.14. The molecule has 0 saturated carbocycles. The van der Waals surface area contributed by atoms with Crippen molar-refractivity contribution in [2.45, 2.75) is 45.6 Å². The molecular formula is C19H26N2O. The molecule has 1 saturated heterocycles. The van der Waals surface area contributed by atoms with Crippen molar-refractivity contribution in [3.63, 3.8) is 0 Å². The van der Waals surface area contributed by atoms with Crippen molar-refractivity contribution >= 4 is 5.84 Å². The van der Waals surface area contributed by atoms with E-state index in [-0.39, 0.29) is 5.92 Å². The van der Waals surface area contributed by atoms with Crippen LogP contribution in [0, 0.1) is 5.92 Å². The number of piperidine rings is 1. The molecule has 1 fully saturated rings. The Hall–Kier alpha value is -1.61. The summed E-state index contributed by atoms with van der Waals surface area (Å²) >= 11 is 0. The Labute approximate surface area is 133 Å². The van der Waals surface area contributed by atoms with Crippen molar-refractivity contribution in [1.82, 2.24) is 4.90 Å². The Kier molecular flexibility index (Phi) is 4.63. The predicted octanol–water partition coefficient (Wildman–Crippen LogP) is 3.40. The Balaban J connectivity index is 1.93. The van der Waals surface area contributed by atoms with E-state index in [0.717, 1.165) is 31.6 Å². The van der Waals surface area contributed by atoms with Crippen LogP contribution in [0.25, 0.3) is 0 Å². The fourth-order valence-corrected chi connectivity index (χ4v) is 3.28. The lowest BCUT2D eigenvalue weighted by Crippen LogP contribution is -2.41. The molecule has 2 aliphatic rings. The smallest absolute Gasteiger partial charge is 0.105 e. The molecule has 0 aromatic heterocycles. The standard InChI is InChI=1S/C19H26N2O/c1-14(2)19(22)18-16(12-15-8-4-3-5-9-15)13-21-11-7-6-10-17(21)20-18/h3-5,8-9,14,19,22H,6-7,10-13H2,1-2H3. The first-order chi connectivity index (χ1) is 10.6. The SMILES string of the molecule is CC(C)C(O)C1=C(Cc2ccccc2)CN2CCCCC2=N1. The minimum absolute atomic E-state index is 0.195. The summed E-state index contributed by atoms with van der Waals surface area (Å²) < 4.78 is 0. The van der Waals surface area contributed by atoms with Crippen LogP contribution in [0.15, 0.2) is 46.6 Å².